The highest BCUT2D eigenvalue weighted by molar-refractivity contribution is 5.84. The zero-order valence-electron chi connectivity index (χ0n) is 19.8. The predicted molar refractivity (Wildman–Crippen MR) is 131 cm³/mol. The van der Waals surface area contributed by atoms with E-state index in [1.165, 1.54) is 25.7 Å². The third-order valence-corrected chi connectivity index (χ3v) is 7.58. The summed E-state index contributed by atoms with van der Waals surface area (Å²) < 4.78 is 0. The molecule has 1 aliphatic carbocycles. The first-order valence-corrected chi connectivity index (χ1v) is 12.5. The number of hydrogen-bond donors (Lipinski definition) is 2. The second-order valence-corrected chi connectivity index (χ2v) is 9.95. The maximum Gasteiger partial charge on any atom is 0.241 e. The zero-order chi connectivity index (χ0) is 22.8. The molecule has 176 valence electrons. The molecule has 7 heteroatoms. The Morgan fingerprint density at radius 1 is 1.00 bits per heavy atom. The molecule has 0 spiro atoms. The van der Waals surface area contributed by atoms with Crippen molar-refractivity contribution in [2.45, 2.75) is 69.5 Å². The Balaban J connectivity index is 1.46. The lowest BCUT2D eigenvalue weighted by Gasteiger charge is -2.31. The van der Waals surface area contributed by atoms with Gasteiger partial charge in [0.25, 0.3) is 0 Å². The molecule has 0 radical (unpaired) electrons. The van der Waals surface area contributed by atoms with E-state index < -0.39 is 0 Å². The largest absolute Gasteiger partial charge is 0.347 e. The van der Waals surface area contributed by atoms with Crippen molar-refractivity contribution >= 4 is 11.9 Å². The second kappa shape index (κ2) is 9.77. The van der Waals surface area contributed by atoms with Gasteiger partial charge in [-0.2, -0.15) is 0 Å². The number of nitrogens with one attached hydrogen (secondary N) is 2. The second-order valence-electron chi connectivity index (χ2n) is 9.95. The molecule has 5 rings (SSSR count). The van der Waals surface area contributed by atoms with Gasteiger partial charge in [-0.3, -0.25) is 10.2 Å². The standard InChI is InChI=1S/C26H36N6O/c1-31(2)26-27-17-20(18-11-6-5-7-12-18)23(28-26)22-15-10-16-32(22)25(33)24-19-13-8-3-4-9-14-21(19)29-30-24/h5-7,11-12,17,19,21-22,24,29-30H,3-4,8-10,13-16H2,1-2H3. The summed E-state index contributed by atoms with van der Waals surface area (Å²) in [6.45, 7) is 0.786. The number of rotatable bonds is 4. The molecule has 0 bridgehead atoms. The van der Waals surface area contributed by atoms with Crippen molar-refractivity contribution in [1.29, 1.82) is 0 Å². The molecule has 3 heterocycles. The number of fused-ring (bicyclic) bond motifs is 1. The number of hydrogen-bond acceptors (Lipinski definition) is 6. The van der Waals surface area contributed by atoms with Crippen LogP contribution in [0.15, 0.2) is 36.5 Å². The van der Waals surface area contributed by atoms with Gasteiger partial charge in [-0.1, -0.05) is 56.0 Å². The summed E-state index contributed by atoms with van der Waals surface area (Å²) in [5, 5.41) is 0. The lowest BCUT2D eigenvalue weighted by atomic mass is 9.83. The van der Waals surface area contributed by atoms with E-state index in [2.05, 4.69) is 32.9 Å². The zero-order valence-corrected chi connectivity index (χ0v) is 19.8. The Labute approximate surface area is 197 Å². The molecular weight excluding hydrogens is 412 g/mol. The van der Waals surface area contributed by atoms with Gasteiger partial charge < -0.3 is 9.80 Å². The first-order chi connectivity index (χ1) is 16.1. The molecule has 1 amide bonds. The molecule has 2 aromatic rings. The molecule has 4 unspecified atom stereocenters. The Bertz CT molecular complexity index is 965. The van der Waals surface area contributed by atoms with Gasteiger partial charge in [0.15, 0.2) is 0 Å². The predicted octanol–water partition coefficient (Wildman–Crippen LogP) is 3.69. The van der Waals surface area contributed by atoms with Crippen LogP contribution in [0.3, 0.4) is 0 Å². The molecule has 2 aliphatic heterocycles. The van der Waals surface area contributed by atoms with Crippen molar-refractivity contribution < 1.29 is 4.79 Å². The number of carbonyl (C=O) groups is 1. The maximum absolute atomic E-state index is 13.9. The molecule has 2 saturated heterocycles. The molecule has 1 aromatic carbocycles. The lowest BCUT2D eigenvalue weighted by molar-refractivity contribution is -0.135. The van der Waals surface area contributed by atoms with Crippen LogP contribution >= 0.6 is 0 Å². The van der Waals surface area contributed by atoms with Crippen LogP contribution in [0.2, 0.25) is 0 Å². The third kappa shape index (κ3) is 4.49. The van der Waals surface area contributed by atoms with Crippen LogP contribution in [0.4, 0.5) is 5.95 Å². The summed E-state index contributed by atoms with van der Waals surface area (Å²) in [5.41, 5.74) is 9.94. The fourth-order valence-electron chi connectivity index (χ4n) is 5.83. The Kier molecular flexibility index (Phi) is 6.60. The highest BCUT2D eigenvalue weighted by Crippen LogP contribution is 2.39. The minimum Gasteiger partial charge on any atom is -0.347 e. The summed E-state index contributed by atoms with van der Waals surface area (Å²) in [7, 11) is 3.92. The first kappa shape index (κ1) is 22.3. The molecule has 2 N–H and O–H groups in total. The highest BCUT2D eigenvalue weighted by Gasteiger charge is 2.44. The van der Waals surface area contributed by atoms with E-state index in [-0.39, 0.29) is 18.0 Å². The molecule has 1 aromatic heterocycles. The van der Waals surface area contributed by atoms with E-state index >= 15 is 0 Å². The number of benzene rings is 1. The maximum atomic E-state index is 13.9. The van der Waals surface area contributed by atoms with Crippen molar-refractivity contribution in [2.24, 2.45) is 5.92 Å². The quantitative estimate of drug-likeness (QED) is 0.743. The van der Waals surface area contributed by atoms with Gasteiger partial charge >= 0.3 is 0 Å². The van der Waals surface area contributed by atoms with E-state index in [0.717, 1.165) is 49.0 Å². The van der Waals surface area contributed by atoms with Gasteiger partial charge in [0, 0.05) is 44.4 Å². The van der Waals surface area contributed by atoms with Crippen LogP contribution in [0.1, 0.15) is 63.1 Å². The molecule has 3 aliphatic rings. The van der Waals surface area contributed by atoms with Crippen LogP contribution in [-0.2, 0) is 4.79 Å². The average Bonchev–Trinajstić information content (AvgIpc) is 3.46. The smallest absolute Gasteiger partial charge is 0.241 e. The first-order valence-electron chi connectivity index (χ1n) is 12.5. The highest BCUT2D eigenvalue weighted by atomic mass is 16.2. The van der Waals surface area contributed by atoms with Crippen molar-refractivity contribution in [1.82, 2.24) is 25.7 Å². The summed E-state index contributed by atoms with van der Waals surface area (Å²) in [6.07, 6.45) is 11.2. The molecule has 7 nitrogen and oxygen atoms in total. The van der Waals surface area contributed by atoms with E-state index in [4.69, 9.17) is 4.98 Å². The van der Waals surface area contributed by atoms with Crippen LogP contribution in [0, 0.1) is 5.92 Å². The third-order valence-electron chi connectivity index (χ3n) is 7.58. The van der Waals surface area contributed by atoms with Gasteiger partial charge in [-0.25, -0.2) is 15.4 Å². The Morgan fingerprint density at radius 2 is 1.79 bits per heavy atom. The van der Waals surface area contributed by atoms with Crippen molar-refractivity contribution in [3.8, 4) is 11.1 Å². The normalized spacial score (nSPS) is 27.6. The number of anilines is 1. The summed E-state index contributed by atoms with van der Waals surface area (Å²) >= 11 is 0. The van der Waals surface area contributed by atoms with Crippen LogP contribution in [-0.4, -0.2) is 53.5 Å². The number of aromatic nitrogens is 2. The van der Waals surface area contributed by atoms with Gasteiger partial charge in [-0.15, -0.1) is 0 Å². The summed E-state index contributed by atoms with van der Waals surface area (Å²) in [4.78, 5) is 27.5. The summed E-state index contributed by atoms with van der Waals surface area (Å²) in [5.74, 6) is 1.28. The molecule has 1 saturated carbocycles. The number of nitrogens with zero attached hydrogens (tertiary/aromatic N) is 4. The van der Waals surface area contributed by atoms with Crippen LogP contribution < -0.4 is 15.8 Å². The van der Waals surface area contributed by atoms with E-state index in [9.17, 15) is 4.79 Å². The van der Waals surface area contributed by atoms with Gasteiger partial charge in [0.05, 0.1) is 11.7 Å². The van der Waals surface area contributed by atoms with Crippen LogP contribution in [0.5, 0.6) is 0 Å². The minimum absolute atomic E-state index is 0.0242. The fraction of sp³-hybridized carbons (Fsp3) is 0.577. The Morgan fingerprint density at radius 3 is 2.58 bits per heavy atom. The number of amides is 1. The van der Waals surface area contributed by atoms with Crippen molar-refractivity contribution in [3.63, 3.8) is 0 Å². The van der Waals surface area contributed by atoms with Gasteiger partial charge in [0.1, 0.15) is 6.04 Å². The topological polar surface area (TPSA) is 73.4 Å². The van der Waals surface area contributed by atoms with Gasteiger partial charge in [0.2, 0.25) is 11.9 Å². The number of likely N-dealkylation sites (tertiary alicyclic amines) is 1. The molecule has 3 fully saturated rings. The SMILES string of the molecule is CN(C)c1ncc(-c2ccccc2)c(C2CCCN2C(=O)C2NNC3CCCCCCC32)n1. The fourth-order valence-corrected chi connectivity index (χ4v) is 5.83. The van der Waals surface area contributed by atoms with Crippen LogP contribution in [0.25, 0.3) is 11.1 Å². The van der Waals surface area contributed by atoms with E-state index in [0.29, 0.717) is 17.9 Å². The molecular formula is C26H36N6O. The summed E-state index contributed by atoms with van der Waals surface area (Å²) in [6, 6.07) is 10.5. The average molecular weight is 449 g/mol. The molecule has 4 atom stereocenters. The number of hydrazine groups is 1. The monoisotopic (exact) mass is 448 g/mol. The van der Waals surface area contributed by atoms with Crippen molar-refractivity contribution in [2.75, 3.05) is 25.5 Å². The minimum atomic E-state index is -0.149. The van der Waals surface area contributed by atoms with Gasteiger partial charge in [-0.05, 0) is 31.2 Å². The lowest BCUT2D eigenvalue weighted by Crippen LogP contribution is -2.47. The number of carbonyl (C=O) groups excluding carboxylic acids is 1. The Hall–Kier alpha value is -2.51. The van der Waals surface area contributed by atoms with E-state index in [1.807, 2.05) is 43.4 Å². The molecule has 33 heavy (non-hydrogen) atoms. The van der Waals surface area contributed by atoms with E-state index in [1.54, 1.807) is 0 Å². The van der Waals surface area contributed by atoms with Crippen molar-refractivity contribution in [3.05, 3.63) is 42.2 Å².